The molecule has 4 heteroatoms. The van der Waals surface area contributed by atoms with Crippen LogP contribution in [-0.4, -0.2) is 19.1 Å². The van der Waals surface area contributed by atoms with Gasteiger partial charge in [-0.3, -0.25) is 4.79 Å². The van der Waals surface area contributed by atoms with E-state index in [1.165, 1.54) is 0 Å². The maximum atomic E-state index is 11.8. The minimum absolute atomic E-state index is 0.00272. The van der Waals surface area contributed by atoms with Gasteiger partial charge in [-0.1, -0.05) is 23.7 Å². The highest BCUT2D eigenvalue weighted by molar-refractivity contribution is 6.30. The van der Waals surface area contributed by atoms with Crippen LogP contribution in [0.3, 0.4) is 0 Å². The maximum Gasteiger partial charge on any atom is 0.225 e. The molecule has 2 rings (SSSR count). The van der Waals surface area contributed by atoms with Crippen molar-refractivity contribution in [3.05, 3.63) is 34.9 Å². The molecule has 1 N–H and O–H groups in total. The molecule has 0 aliphatic carbocycles. The van der Waals surface area contributed by atoms with Gasteiger partial charge < -0.3 is 10.1 Å². The van der Waals surface area contributed by atoms with E-state index in [4.69, 9.17) is 16.3 Å². The number of carbonyl (C=O) groups is 1. The van der Waals surface area contributed by atoms with Crippen LogP contribution in [0.2, 0.25) is 5.02 Å². The molecule has 1 aromatic carbocycles. The highest BCUT2D eigenvalue weighted by Crippen LogP contribution is 2.14. The molecule has 17 heavy (non-hydrogen) atoms. The fraction of sp³-hybridized carbons (Fsp3) is 0.462. The lowest BCUT2D eigenvalue weighted by Crippen LogP contribution is -2.35. The van der Waals surface area contributed by atoms with Gasteiger partial charge in [0.15, 0.2) is 0 Å². The molecular weight excluding hydrogens is 238 g/mol. The Balaban J connectivity index is 1.83. The summed E-state index contributed by atoms with van der Waals surface area (Å²) < 4.78 is 5.29. The van der Waals surface area contributed by atoms with Gasteiger partial charge in [-0.15, -0.1) is 0 Å². The lowest BCUT2D eigenvalue weighted by atomic mass is 10.0. The van der Waals surface area contributed by atoms with E-state index in [-0.39, 0.29) is 11.8 Å². The van der Waals surface area contributed by atoms with E-state index in [1.807, 2.05) is 24.3 Å². The van der Waals surface area contributed by atoms with Crippen molar-refractivity contribution in [2.75, 3.05) is 13.2 Å². The maximum absolute atomic E-state index is 11.8. The first-order chi connectivity index (χ1) is 8.25. The average Bonchev–Trinajstić information content (AvgIpc) is 2.37. The van der Waals surface area contributed by atoms with Gasteiger partial charge in [0.2, 0.25) is 5.91 Å². The zero-order valence-corrected chi connectivity index (χ0v) is 10.4. The zero-order chi connectivity index (χ0) is 12.1. The Labute approximate surface area is 106 Å². The van der Waals surface area contributed by atoms with Gasteiger partial charge >= 0.3 is 0 Å². The molecule has 1 atom stereocenters. The molecule has 0 bridgehead atoms. The lowest BCUT2D eigenvalue weighted by Gasteiger charge is -2.21. The van der Waals surface area contributed by atoms with Crippen molar-refractivity contribution in [1.82, 2.24) is 5.32 Å². The molecule has 1 aliphatic heterocycles. The first kappa shape index (κ1) is 12.4. The number of carbonyl (C=O) groups excluding carboxylic acids is 1. The summed E-state index contributed by atoms with van der Waals surface area (Å²) in [5.41, 5.74) is 1.02. The number of hydrogen-bond acceptors (Lipinski definition) is 2. The molecule has 1 saturated heterocycles. The molecule has 1 aliphatic rings. The van der Waals surface area contributed by atoms with Gasteiger partial charge in [0, 0.05) is 18.2 Å². The van der Waals surface area contributed by atoms with Crippen molar-refractivity contribution < 1.29 is 9.53 Å². The van der Waals surface area contributed by atoms with Crippen molar-refractivity contribution >= 4 is 17.5 Å². The standard InChI is InChI=1S/C13H16ClNO2/c14-12-5-1-3-10(7-12)8-15-13(16)11-4-2-6-17-9-11/h1,3,5,7,11H,2,4,6,8-9H2,(H,15,16). The second-order valence-electron chi connectivity index (χ2n) is 4.26. The van der Waals surface area contributed by atoms with Crippen molar-refractivity contribution in [3.63, 3.8) is 0 Å². The molecule has 1 aromatic rings. The summed E-state index contributed by atoms with van der Waals surface area (Å²) in [4.78, 5) is 11.8. The van der Waals surface area contributed by atoms with Gasteiger partial charge in [-0.2, -0.15) is 0 Å². The summed E-state index contributed by atoms with van der Waals surface area (Å²) in [6, 6.07) is 7.51. The molecule has 0 spiro atoms. The van der Waals surface area contributed by atoms with Crippen LogP contribution >= 0.6 is 11.6 Å². The third-order valence-corrected chi connectivity index (χ3v) is 3.12. The molecule has 3 nitrogen and oxygen atoms in total. The van der Waals surface area contributed by atoms with Crippen LogP contribution in [-0.2, 0) is 16.1 Å². The Hall–Kier alpha value is -1.06. The second kappa shape index (κ2) is 6.03. The summed E-state index contributed by atoms with van der Waals surface area (Å²) in [5, 5.41) is 3.61. The minimum Gasteiger partial charge on any atom is -0.381 e. The molecule has 0 aromatic heterocycles. The van der Waals surface area contributed by atoms with E-state index in [0.717, 1.165) is 25.0 Å². The second-order valence-corrected chi connectivity index (χ2v) is 4.70. The zero-order valence-electron chi connectivity index (χ0n) is 9.62. The number of hydrogen-bond donors (Lipinski definition) is 1. The third kappa shape index (κ3) is 3.72. The van der Waals surface area contributed by atoms with E-state index >= 15 is 0 Å². The number of amides is 1. The van der Waals surface area contributed by atoms with Gasteiger partial charge in [-0.25, -0.2) is 0 Å². The quantitative estimate of drug-likeness (QED) is 0.898. The molecule has 92 valence electrons. The SMILES string of the molecule is O=C(NCc1cccc(Cl)c1)C1CCCOC1. The van der Waals surface area contributed by atoms with Crippen LogP contribution in [0.5, 0.6) is 0 Å². The van der Waals surface area contributed by atoms with E-state index in [0.29, 0.717) is 18.2 Å². The van der Waals surface area contributed by atoms with E-state index in [2.05, 4.69) is 5.32 Å². The topological polar surface area (TPSA) is 38.3 Å². The fourth-order valence-electron chi connectivity index (χ4n) is 1.93. The molecular formula is C13H16ClNO2. The Morgan fingerprint density at radius 2 is 2.41 bits per heavy atom. The summed E-state index contributed by atoms with van der Waals surface area (Å²) in [6.07, 6.45) is 1.89. The van der Waals surface area contributed by atoms with Crippen molar-refractivity contribution in [2.45, 2.75) is 19.4 Å². The van der Waals surface area contributed by atoms with E-state index < -0.39 is 0 Å². The van der Waals surface area contributed by atoms with Crippen LogP contribution < -0.4 is 5.32 Å². The van der Waals surface area contributed by atoms with Crippen LogP contribution in [0.15, 0.2) is 24.3 Å². The van der Waals surface area contributed by atoms with Crippen LogP contribution in [0.25, 0.3) is 0 Å². The molecule has 1 fully saturated rings. The first-order valence-electron chi connectivity index (χ1n) is 5.85. The Morgan fingerprint density at radius 1 is 1.53 bits per heavy atom. The van der Waals surface area contributed by atoms with Crippen molar-refractivity contribution in [3.8, 4) is 0 Å². The predicted molar refractivity (Wildman–Crippen MR) is 66.8 cm³/mol. The smallest absolute Gasteiger partial charge is 0.225 e. The van der Waals surface area contributed by atoms with Crippen molar-refractivity contribution in [1.29, 1.82) is 0 Å². The molecule has 0 saturated carbocycles. The number of halogens is 1. The fourth-order valence-corrected chi connectivity index (χ4v) is 2.14. The Morgan fingerprint density at radius 3 is 3.12 bits per heavy atom. The van der Waals surface area contributed by atoms with Gasteiger partial charge in [0.25, 0.3) is 0 Å². The molecule has 1 heterocycles. The molecule has 1 amide bonds. The van der Waals surface area contributed by atoms with E-state index in [1.54, 1.807) is 0 Å². The molecule has 0 radical (unpaired) electrons. The summed E-state index contributed by atoms with van der Waals surface area (Å²) >= 11 is 5.88. The van der Waals surface area contributed by atoms with E-state index in [9.17, 15) is 4.79 Å². The van der Waals surface area contributed by atoms with Crippen LogP contribution in [0, 0.1) is 5.92 Å². The number of rotatable bonds is 3. The largest absolute Gasteiger partial charge is 0.381 e. The number of nitrogens with one attached hydrogen (secondary N) is 1. The predicted octanol–water partition coefficient (Wildman–Crippen LogP) is 2.38. The highest BCUT2D eigenvalue weighted by Gasteiger charge is 2.21. The molecule has 1 unspecified atom stereocenters. The summed E-state index contributed by atoms with van der Waals surface area (Å²) in [5.74, 6) is 0.0765. The first-order valence-corrected chi connectivity index (χ1v) is 6.23. The van der Waals surface area contributed by atoms with Crippen molar-refractivity contribution in [2.24, 2.45) is 5.92 Å². The Bertz CT molecular complexity index is 389. The monoisotopic (exact) mass is 253 g/mol. The highest BCUT2D eigenvalue weighted by atomic mass is 35.5. The normalized spacial score (nSPS) is 19.9. The minimum atomic E-state index is 0.00272. The van der Waals surface area contributed by atoms with Crippen LogP contribution in [0.1, 0.15) is 18.4 Å². The third-order valence-electron chi connectivity index (χ3n) is 2.89. The summed E-state index contributed by atoms with van der Waals surface area (Å²) in [6.45, 7) is 1.84. The van der Waals surface area contributed by atoms with Gasteiger partial charge in [-0.05, 0) is 30.5 Å². The lowest BCUT2D eigenvalue weighted by molar-refractivity contribution is -0.129. The van der Waals surface area contributed by atoms with Crippen LogP contribution in [0.4, 0.5) is 0 Å². The number of ether oxygens (including phenoxy) is 1. The summed E-state index contributed by atoms with van der Waals surface area (Å²) in [7, 11) is 0. The van der Waals surface area contributed by atoms with Gasteiger partial charge in [0.1, 0.15) is 0 Å². The number of benzene rings is 1. The van der Waals surface area contributed by atoms with Gasteiger partial charge in [0.05, 0.1) is 12.5 Å². The Kier molecular flexibility index (Phi) is 4.40. The average molecular weight is 254 g/mol.